The van der Waals surface area contributed by atoms with Crippen molar-refractivity contribution in [2.75, 3.05) is 0 Å². The van der Waals surface area contributed by atoms with Crippen LogP contribution in [0.5, 0.6) is 0 Å². The molecular formula is C16H12N3S+. The molecule has 0 saturated heterocycles. The van der Waals surface area contributed by atoms with E-state index >= 15 is 0 Å². The minimum atomic E-state index is 0.927. The maximum absolute atomic E-state index is 4.58. The maximum atomic E-state index is 4.58. The number of rotatable bonds is 0. The van der Waals surface area contributed by atoms with Gasteiger partial charge < -0.3 is 0 Å². The highest BCUT2D eigenvalue weighted by Gasteiger charge is 2.35. The van der Waals surface area contributed by atoms with Gasteiger partial charge in [0.25, 0.3) is 0 Å². The quantitative estimate of drug-likeness (QED) is 0.399. The number of hydrogen-bond donors (Lipinski definition) is 0. The van der Waals surface area contributed by atoms with Gasteiger partial charge in [0.2, 0.25) is 4.83 Å². The summed E-state index contributed by atoms with van der Waals surface area (Å²) < 4.78 is 6.05. The standard InChI is InChI=1S/C16H12N3S/c1-18-15-13-10(5-4-8-17-13)9-19(15)14-11-6-2-3-7-12(11)20-16(14)18/h2-8H,9H2,1H3/q+1. The summed E-state index contributed by atoms with van der Waals surface area (Å²) in [5, 5.41) is 1.35. The van der Waals surface area contributed by atoms with Crippen LogP contribution in [0.4, 0.5) is 0 Å². The summed E-state index contributed by atoms with van der Waals surface area (Å²) in [4.78, 5) is 5.91. The van der Waals surface area contributed by atoms with Gasteiger partial charge >= 0.3 is 5.82 Å². The van der Waals surface area contributed by atoms with Crippen molar-refractivity contribution in [3.63, 3.8) is 0 Å². The summed E-state index contributed by atoms with van der Waals surface area (Å²) in [5.41, 5.74) is 3.79. The molecule has 1 aromatic carbocycles. The van der Waals surface area contributed by atoms with Gasteiger partial charge in [0.15, 0.2) is 11.2 Å². The minimum Gasteiger partial charge on any atom is -0.248 e. The third-order valence-corrected chi connectivity index (χ3v) is 5.37. The maximum Gasteiger partial charge on any atom is 0.309 e. The van der Waals surface area contributed by atoms with E-state index in [0.717, 1.165) is 12.2 Å². The van der Waals surface area contributed by atoms with Crippen molar-refractivity contribution in [3.05, 3.63) is 48.2 Å². The smallest absolute Gasteiger partial charge is 0.248 e. The molecule has 0 spiro atoms. The molecule has 0 aliphatic carbocycles. The second-order valence-corrected chi connectivity index (χ2v) is 6.26. The highest BCUT2D eigenvalue weighted by molar-refractivity contribution is 7.25. The predicted molar refractivity (Wildman–Crippen MR) is 80.8 cm³/mol. The summed E-state index contributed by atoms with van der Waals surface area (Å²) in [5.74, 6) is 1.23. The van der Waals surface area contributed by atoms with Crippen molar-refractivity contribution in [3.8, 4) is 11.5 Å². The topological polar surface area (TPSA) is 21.7 Å². The SMILES string of the molecule is C[n+]1c2n(c3c4ccccc4sc31)Cc1cccnc1-2. The van der Waals surface area contributed by atoms with Crippen LogP contribution in [-0.4, -0.2) is 9.55 Å². The number of aromatic nitrogens is 3. The molecule has 0 fully saturated rings. The Labute approximate surface area is 119 Å². The summed E-state index contributed by atoms with van der Waals surface area (Å²) in [7, 11) is 2.15. The van der Waals surface area contributed by atoms with Crippen LogP contribution < -0.4 is 4.57 Å². The molecular weight excluding hydrogens is 266 g/mol. The van der Waals surface area contributed by atoms with Crippen LogP contribution in [0.2, 0.25) is 0 Å². The van der Waals surface area contributed by atoms with Crippen LogP contribution in [0.1, 0.15) is 5.56 Å². The van der Waals surface area contributed by atoms with Gasteiger partial charge in [-0.2, -0.15) is 0 Å². The van der Waals surface area contributed by atoms with Gasteiger partial charge in [-0.25, -0.2) is 14.1 Å². The normalized spacial score (nSPS) is 13.1. The van der Waals surface area contributed by atoms with Gasteiger partial charge in [-0.15, -0.1) is 0 Å². The highest BCUT2D eigenvalue weighted by Crippen LogP contribution is 2.38. The third-order valence-electron chi connectivity index (χ3n) is 4.13. The van der Waals surface area contributed by atoms with E-state index in [9.17, 15) is 0 Å². The molecule has 1 aliphatic heterocycles. The summed E-state index contributed by atoms with van der Waals surface area (Å²) in [6.07, 6.45) is 1.88. The number of pyridine rings is 1. The number of imidazole rings is 1. The Kier molecular flexibility index (Phi) is 1.83. The van der Waals surface area contributed by atoms with Crippen molar-refractivity contribution < 1.29 is 4.57 Å². The summed E-state index contributed by atoms with van der Waals surface area (Å²) in [6, 6.07) is 12.8. The molecule has 4 aromatic rings. The van der Waals surface area contributed by atoms with E-state index in [1.807, 2.05) is 23.6 Å². The van der Waals surface area contributed by atoms with Crippen LogP contribution in [0.25, 0.3) is 32.0 Å². The molecule has 3 aromatic heterocycles. The first-order valence-corrected chi connectivity index (χ1v) is 7.50. The molecule has 4 heterocycles. The molecule has 0 bridgehead atoms. The number of hydrogen-bond acceptors (Lipinski definition) is 2. The van der Waals surface area contributed by atoms with E-state index in [2.05, 4.69) is 51.5 Å². The van der Waals surface area contributed by atoms with Gasteiger partial charge in [0.05, 0.1) is 7.05 Å². The minimum absolute atomic E-state index is 0.927. The van der Waals surface area contributed by atoms with Gasteiger partial charge in [0, 0.05) is 21.8 Å². The molecule has 0 atom stereocenters. The summed E-state index contributed by atoms with van der Waals surface area (Å²) >= 11 is 1.86. The first-order chi connectivity index (χ1) is 9.84. The molecule has 0 amide bonds. The van der Waals surface area contributed by atoms with Crippen molar-refractivity contribution >= 4 is 31.8 Å². The molecule has 96 valence electrons. The van der Waals surface area contributed by atoms with E-state index in [0.29, 0.717) is 0 Å². The average Bonchev–Trinajstić information content (AvgIpc) is 3.10. The van der Waals surface area contributed by atoms with Crippen LogP contribution in [0, 0.1) is 0 Å². The second-order valence-electron chi connectivity index (χ2n) is 5.23. The second kappa shape index (κ2) is 3.46. The molecule has 1 aliphatic rings. The fraction of sp³-hybridized carbons (Fsp3) is 0.125. The van der Waals surface area contributed by atoms with Crippen molar-refractivity contribution in [2.24, 2.45) is 7.05 Å². The van der Waals surface area contributed by atoms with Gasteiger partial charge in [0.1, 0.15) is 6.54 Å². The lowest BCUT2D eigenvalue weighted by Crippen LogP contribution is -2.28. The number of nitrogens with zero attached hydrogens (tertiary/aromatic N) is 3. The zero-order chi connectivity index (χ0) is 13.3. The third kappa shape index (κ3) is 1.11. The Morgan fingerprint density at radius 3 is 3.05 bits per heavy atom. The Hall–Kier alpha value is -2.20. The zero-order valence-electron chi connectivity index (χ0n) is 11.0. The zero-order valence-corrected chi connectivity index (χ0v) is 11.8. The molecule has 0 radical (unpaired) electrons. The van der Waals surface area contributed by atoms with Crippen LogP contribution in [0.3, 0.4) is 0 Å². The van der Waals surface area contributed by atoms with Gasteiger partial charge in [-0.3, -0.25) is 0 Å². The Balaban J connectivity index is 1.99. The highest BCUT2D eigenvalue weighted by atomic mass is 32.1. The molecule has 0 unspecified atom stereocenters. The van der Waals surface area contributed by atoms with E-state index in [1.165, 1.54) is 31.8 Å². The summed E-state index contributed by atoms with van der Waals surface area (Å²) in [6.45, 7) is 0.927. The Morgan fingerprint density at radius 2 is 2.10 bits per heavy atom. The lowest BCUT2D eigenvalue weighted by molar-refractivity contribution is -0.631. The van der Waals surface area contributed by atoms with E-state index in [-0.39, 0.29) is 0 Å². The van der Waals surface area contributed by atoms with Crippen LogP contribution in [-0.2, 0) is 13.6 Å². The first kappa shape index (κ1) is 10.6. The number of fused-ring (bicyclic) bond motifs is 7. The van der Waals surface area contributed by atoms with Crippen molar-refractivity contribution in [1.29, 1.82) is 0 Å². The number of benzene rings is 1. The van der Waals surface area contributed by atoms with Crippen molar-refractivity contribution in [2.45, 2.75) is 6.54 Å². The van der Waals surface area contributed by atoms with E-state index < -0.39 is 0 Å². The van der Waals surface area contributed by atoms with Crippen LogP contribution >= 0.6 is 11.3 Å². The van der Waals surface area contributed by atoms with Crippen LogP contribution in [0.15, 0.2) is 42.6 Å². The molecule has 20 heavy (non-hydrogen) atoms. The molecule has 4 heteroatoms. The number of thiophene rings is 1. The lowest BCUT2D eigenvalue weighted by Gasteiger charge is -1.93. The van der Waals surface area contributed by atoms with E-state index in [4.69, 9.17) is 0 Å². The van der Waals surface area contributed by atoms with E-state index in [1.54, 1.807) is 0 Å². The Bertz CT molecular complexity index is 994. The molecule has 0 saturated carbocycles. The first-order valence-electron chi connectivity index (χ1n) is 6.68. The lowest BCUT2D eigenvalue weighted by atomic mass is 10.2. The van der Waals surface area contributed by atoms with Crippen molar-refractivity contribution in [1.82, 2.24) is 9.55 Å². The largest absolute Gasteiger partial charge is 0.309 e. The molecule has 0 N–H and O–H groups in total. The number of aryl methyl sites for hydroxylation is 1. The fourth-order valence-electron chi connectivity index (χ4n) is 3.27. The Morgan fingerprint density at radius 1 is 1.20 bits per heavy atom. The monoisotopic (exact) mass is 278 g/mol. The molecule has 5 rings (SSSR count). The molecule has 3 nitrogen and oxygen atoms in total. The average molecular weight is 278 g/mol. The van der Waals surface area contributed by atoms with Gasteiger partial charge in [-0.1, -0.05) is 29.5 Å². The van der Waals surface area contributed by atoms with Gasteiger partial charge in [-0.05, 0) is 18.2 Å². The fourth-order valence-corrected chi connectivity index (χ4v) is 4.44. The predicted octanol–water partition coefficient (Wildman–Crippen LogP) is 3.10.